The third-order valence-corrected chi connectivity index (χ3v) is 3.80. The molecule has 0 aliphatic carbocycles. The van der Waals surface area contributed by atoms with Gasteiger partial charge in [0.25, 0.3) is 5.91 Å². The summed E-state index contributed by atoms with van der Waals surface area (Å²) in [6.45, 7) is 5.61. The van der Waals surface area contributed by atoms with Crippen molar-refractivity contribution < 1.29 is 14.6 Å². The van der Waals surface area contributed by atoms with Crippen molar-refractivity contribution >= 4 is 5.91 Å². The molecule has 1 aromatic carbocycles. The van der Waals surface area contributed by atoms with Crippen LogP contribution in [0.5, 0.6) is 5.75 Å². The highest BCUT2D eigenvalue weighted by molar-refractivity contribution is 5.78. The molecule has 1 saturated heterocycles. The predicted molar refractivity (Wildman–Crippen MR) is 73.2 cm³/mol. The summed E-state index contributed by atoms with van der Waals surface area (Å²) < 4.78 is 5.61. The van der Waals surface area contributed by atoms with E-state index in [1.807, 2.05) is 32.0 Å². The van der Waals surface area contributed by atoms with Gasteiger partial charge in [0.15, 0.2) is 6.61 Å². The lowest BCUT2D eigenvalue weighted by molar-refractivity contribution is -0.132. The minimum Gasteiger partial charge on any atom is -0.483 e. The minimum atomic E-state index is -0.00291. The molecule has 2 rings (SSSR count). The lowest BCUT2D eigenvalue weighted by Gasteiger charge is -2.17. The molecule has 104 valence electrons. The van der Waals surface area contributed by atoms with Gasteiger partial charge in [-0.05, 0) is 37.5 Å². The zero-order valence-electron chi connectivity index (χ0n) is 11.6. The Morgan fingerprint density at radius 1 is 1.47 bits per heavy atom. The van der Waals surface area contributed by atoms with E-state index < -0.39 is 0 Å². The first-order valence-corrected chi connectivity index (χ1v) is 6.69. The second kappa shape index (κ2) is 6.06. The Hall–Kier alpha value is -1.55. The maximum absolute atomic E-state index is 12.0. The largest absolute Gasteiger partial charge is 0.483 e. The van der Waals surface area contributed by atoms with E-state index in [1.165, 1.54) is 0 Å². The zero-order valence-corrected chi connectivity index (χ0v) is 11.6. The lowest BCUT2D eigenvalue weighted by atomic mass is 10.1. The topological polar surface area (TPSA) is 49.8 Å². The van der Waals surface area contributed by atoms with Crippen molar-refractivity contribution in [2.75, 3.05) is 26.3 Å². The molecule has 1 N–H and O–H groups in total. The van der Waals surface area contributed by atoms with E-state index in [1.54, 1.807) is 4.90 Å². The zero-order chi connectivity index (χ0) is 13.8. The van der Waals surface area contributed by atoms with Gasteiger partial charge < -0.3 is 14.7 Å². The van der Waals surface area contributed by atoms with Crippen LogP contribution in [-0.2, 0) is 4.79 Å². The van der Waals surface area contributed by atoms with Crippen molar-refractivity contribution in [3.63, 3.8) is 0 Å². The normalized spacial score (nSPS) is 18.7. The molecule has 1 aromatic rings. The Bertz CT molecular complexity index is 459. The van der Waals surface area contributed by atoms with E-state index in [0.29, 0.717) is 6.54 Å². The summed E-state index contributed by atoms with van der Waals surface area (Å²) in [5.74, 6) is 0.993. The molecule has 0 bridgehead atoms. The average Bonchev–Trinajstić information content (AvgIpc) is 2.89. The number of hydrogen-bond donors (Lipinski definition) is 1. The van der Waals surface area contributed by atoms with E-state index in [2.05, 4.69) is 0 Å². The summed E-state index contributed by atoms with van der Waals surface area (Å²) >= 11 is 0. The smallest absolute Gasteiger partial charge is 0.260 e. The first kappa shape index (κ1) is 13.9. The highest BCUT2D eigenvalue weighted by Gasteiger charge is 2.25. The molecule has 1 aliphatic rings. The van der Waals surface area contributed by atoms with E-state index >= 15 is 0 Å². The Morgan fingerprint density at radius 3 is 2.95 bits per heavy atom. The number of carbonyl (C=O) groups excluding carboxylic acids is 1. The molecule has 0 spiro atoms. The Kier molecular flexibility index (Phi) is 4.43. The van der Waals surface area contributed by atoms with Gasteiger partial charge in [0.1, 0.15) is 5.75 Å². The second-order valence-corrected chi connectivity index (χ2v) is 5.16. The molecule has 1 unspecified atom stereocenters. The van der Waals surface area contributed by atoms with Crippen LogP contribution in [-0.4, -0.2) is 42.2 Å². The van der Waals surface area contributed by atoms with E-state index in [4.69, 9.17) is 9.84 Å². The molecule has 19 heavy (non-hydrogen) atoms. The Labute approximate surface area is 114 Å². The minimum absolute atomic E-state index is 0.00291. The number of likely N-dealkylation sites (tertiary alicyclic amines) is 1. The number of aryl methyl sites for hydroxylation is 1. The van der Waals surface area contributed by atoms with Gasteiger partial charge in [0.05, 0.1) is 0 Å². The lowest BCUT2D eigenvalue weighted by Crippen LogP contribution is -2.33. The Balaban J connectivity index is 1.89. The number of aliphatic hydroxyl groups excluding tert-OH is 1. The number of hydrogen-bond acceptors (Lipinski definition) is 3. The Morgan fingerprint density at radius 2 is 2.26 bits per heavy atom. The summed E-state index contributed by atoms with van der Waals surface area (Å²) in [5.41, 5.74) is 2.23. The molecular weight excluding hydrogens is 242 g/mol. The molecule has 4 nitrogen and oxygen atoms in total. The van der Waals surface area contributed by atoms with Crippen LogP contribution in [0.15, 0.2) is 18.2 Å². The van der Waals surface area contributed by atoms with Crippen LogP contribution in [0.25, 0.3) is 0 Å². The highest BCUT2D eigenvalue weighted by Crippen LogP contribution is 2.21. The molecule has 0 radical (unpaired) electrons. The molecule has 0 saturated carbocycles. The fourth-order valence-corrected chi connectivity index (χ4v) is 2.32. The van der Waals surface area contributed by atoms with Crippen molar-refractivity contribution in [2.24, 2.45) is 5.92 Å². The van der Waals surface area contributed by atoms with Gasteiger partial charge in [-0.2, -0.15) is 0 Å². The maximum Gasteiger partial charge on any atom is 0.260 e. The first-order chi connectivity index (χ1) is 9.11. The van der Waals surface area contributed by atoms with Gasteiger partial charge in [0, 0.05) is 25.6 Å². The van der Waals surface area contributed by atoms with Gasteiger partial charge in [-0.15, -0.1) is 0 Å². The number of ether oxygens (including phenoxy) is 1. The highest BCUT2D eigenvalue weighted by atomic mass is 16.5. The van der Waals surface area contributed by atoms with Crippen LogP contribution >= 0.6 is 0 Å². The van der Waals surface area contributed by atoms with Crippen molar-refractivity contribution in [1.82, 2.24) is 4.90 Å². The van der Waals surface area contributed by atoms with Gasteiger partial charge >= 0.3 is 0 Å². The van der Waals surface area contributed by atoms with E-state index in [-0.39, 0.29) is 25.0 Å². The van der Waals surface area contributed by atoms with Crippen molar-refractivity contribution in [2.45, 2.75) is 20.3 Å². The molecular formula is C15H21NO3. The second-order valence-electron chi connectivity index (χ2n) is 5.16. The summed E-state index contributed by atoms with van der Waals surface area (Å²) in [7, 11) is 0. The van der Waals surface area contributed by atoms with Crippen LogP contribution in [0, 0.1) is 19.8 Å². The quantitative estimate of drug-likeness (QED) is 0.896. The van der Waals surface area contributed by atoms with Crippen molar-refractivity contribution in [3.8, 4) is 5.75 Å². The number of nitrogens with zero attached hydrogens (tertiary/aromatic N) is 1. The van der Waals surface area contributed by atoms with Crippen LogP contribution in [0.4, 0.5) is 0 Å². The third kappa shape index (κ3) is 3.26. The number of rotatable bonds is 4. The van der Waals surface area contributed by atoms with Gasteiger partial charge in [-0.1, -0.05) is 12.1 Å². The van der Waals surface area contributed by atoms with Crippen LogP contribution in [0.3, 0.4) is 0 Å². The summed E-state index contributed by atoms with van der Waals surface area (Å²) in [4.78, 5) is 13.8. The number of aliphatic hydroxyl groups is 1. The molecule has 1 aliphatic heterocycles. The van der Waals surface area contributed by atoms with Crippen LogP contribution < -0.4 is 4.74 Å². The number of benzene rings is 1. The van der Waals surface area contributed by atoms with Crippen LogP contribution in [0.1, 0.15) is 17.5 Å². The molecule has 1 heterocycles. The van der Waals surface area contributed by atoms with Crippen LogP contribution in [0.2, 0.25) is 0 Å². The summed E-state index contributed by atoms with van der Waals surface area (Å²) in [6.07, 6.45) is 0.881. The van der Waals surface area contributed by atoms with E-state index in [9.17, 15) is 4.79 Å². The summed E-state index contributed by atoms with van der Waals surface area (Å²) in [6, 6.07) is 5.84. The third-order valence-electron chi connectivity index (χ3n) is 3.80. The first-order valence-electron chi connectivity index (χ1n) is 6.69. The summed E-state index contributed by atoms with van der Waals surface area (Å²) in [5, 5.41) is 9.07. The number of carbonyl (C=O) groups is 1. The molecule has 1 amide bonds. The SMILES string of the molecule is Cc1cccc(OCC(=O)N2CCC(CO)C2)c1C. The molecule has 0 aromatic heterocycles. The van der Waals surface area contributed by atoms with Gasteiger partial charge in [0.2, 0.25) is 0 Å². The molecule has 1 atom stereocenters. The fraction of sp³-hybridized carbons (Fsp3) is 0.533. The van der Waals surface area contributed by atoms with Gasteiger partial charge in [-0.25, -0.2) is 0 Å². The van der Waals surface area contributed by atoms with E-state index in [0.717, 1.165) is 29.8 Å². The molecule has 1 fully saturated rings. The monoisotopic (exact) mass is 263 g/mol. The standard InChI is InChI=1S/C15H21NO3/c1-11-4-3-5-14(12(11)2)19-10-15(18)16-7-6-13(8-16)9-17/h3-5,13,17H,6-10H2,1-2H3. The average molecular weight is 263 g/mol. The number of amides is 1. The van der Waals surface area contributed by atoms with Crippen molar-refractivity contribution in [1.29, 1.82) is 0 Å². The predicted octanol–water partition coefficient (Wildman–Crippen LogP) is 1.52. The van der Waals surface area contributed by atoms with Crippen molar-refractivity contribution in [3.05, 3.63) is 29.3 Å². The molecule has 4 heteroatoms. The fourth-order valence-electron chi connectivity index (χ4n) is 2.32. The maximum atomic E-state index is 12.0. The van der Waals surface area contributed by atoms with Gasteiger partial charge in [-0.3, -0.25) is 4.79 Å².